The number of amides is 1. The Kier molecular flexibility index (Phi) is 5.92. The minimum Gasteiger partial charge on any atom is -0.310 e. The van der Waals surface area contributed by atoms with E-state index in [1.807, 2.05) is 43.3 Å². The zero-order chi connectivity index (χ0) is 24.5. The van der Waals surface area contributed by atoms with Crippen molar-refractivity contribution in [3.8, 4) is 11.6 Å². The van der Waals surface area contributed by atoms with E-state index >= 15 is 0 Å². The van der Waals surface area contributed by atoms with Crippen LogP contribution in [0.25, 0.3) is 22.7 Å². The Balaban J connectivity index is 1.55. The van der Waals surface area contributed by atoms with Gasteiger partial charge in [-0.1, -0.05) is 54.9 Å². The predicted octanol–water partition coefficient (Wildman–Crippen LogP) is 4.39. The van der Waals surface area contributed by atoms with Gasteiger partial charge in [-0.15, -0.1) is 0 Å². The molecule has 3 aromatic heterocycles. The van der Waals surface area contributed by atoms with E-state index in [1.54, 1.807) is 31.2 Å². The molecule has 176 valence electrons. The minimum absolute atomic E-state index is 0.155. The van der Waals surface area contributed by atoms with Crippen LogP contribution in [0, 0.1) is 6.92 Å². The average Bonchev–Trinajstić information content (AvgIpc) is 3.44. The van der Waals surface area contributed by atoms with Crippen molar-refractivity contribution in [2.45, 2.75) is 26.2 Å². The summed E-state index contributed by atoms with van der Waals surface area (Å²) in [5.74, 6) is 0.0477. The Labute approximate surface area is 205 Å². The van der Waals surface area contributed by atoms with E-state index in [0.29, 0.717) is 39.7 Å². The molecule has 0 bridgehead atoms. The number of aromatic nitrogens is 6. The molecule has 0 fully saturated rings. The molecule has 5 aromatic rings. The number of nitrogens with zero attached hydrogens (tertiary/aromatic N) is 5. The number of rotatable bonds is 6. The first-order valence-corrected chi connectivity index (χ1v) is 11.5. The number of fused-ring (bicyclic) bond motifs is 1. The van der Waals surface area contributed by atoms with Crippen molar-refractivity contribution < 1.29 is 4.79 Å². The maximum atomic E-state index is 13.2. The molecular formula is C25H22ClN7O2. The summed E-state index contributed by atoms with van der Waals surface area (Å²) in [6.07, 6.45) is 2.08. The minimum atomic E-state index is -0.376. The molecular weight excluding hydrogens is 466 g/mol. The highest BCUT2D eigenvalue weighted by atomic mass is 35.5. The topological polar surface area (TPSA) is 110 Å². The van der Waals surface area contributed by atoms with Crippen LogP contribution in [0.2, 0.25) is 5.02 Å². The first-order valence-electron chi connectivity index (χ1n) is 11.1. The first-order chi connectivity index (χ1) is 16.9. The van der Waals surface area contributed by atoms with Crippen LogP contribution in [0.1, 0.15) is 30.5 Å². The molecule has 1 atom stereocenters. The van der Waals surface area contributed by atoms with Crippen molar-refractivity contribution >= 4 is 34.4 Å². The summed E-state index contributed by atoms with van der Waals surface area (Å²) in [7, 11) is 0. The van der Waals surface area contributed by atoms with Gasteiger partial charge in [-0.3, -0.25) is 14.6 Å². The highest BCUT2D eigenvalue weighted by molar-refractivity contribution is 6.30. The summed E-state index contributed by atoms with van der Waals surface area (Å²) in [4.78, 5) is 33.4. The molecule has 35 heavy (non-hydrogen) atoms. The Morgan fingerprint density at radius 1 is 1.11 bits per heavy atom. The third kappa shape index (κ3) is 4.33. The smallest absolute Gasteiger partial charge is 0.263 e. The van der Waals surface area contributed by atoms with Gasteiger partial charge in [0.25, 0.3) is 5.56 Å². The Bertz CT molecular complexity index is 1590. The molecule has 0 saturated carbocycles. The van der Waals surface area contributed by atoms with Crippen LogP contribution in [0.15, 0.2) is 71.7 Å². The second-order valence-electron chi connectivity index (χ2n) is 8.11. The molecule has 0 saturated heterocycles. The van der Waals surface area contributed by atoms with Crippen molar-refractivity contribution in [3.63, 3.8) is 0 Å². The van der Waals surface area contributed by atoms with E-state index in [-0.39, 0.29) is 23.3 Å². The van der Waals surface area contributed by atoms with Crippen LogP contribution in [-0.4, -0.2) is 35.4 Å². The van der Waals surface area contributed by atoms with Gasteiger partial charge in [0.15, 0.2) is 5.65 Å². The molecule has 2 N–H and O–H groups in total. The molecule has 9 nitrogen and oxygen atoms in total. The number of benzene rings is 2. The van der Waals surface area contributed by atoms with Gasteiger partial charge in [-0.05, 0) is 37.1 Å². The molecule has 0 spiro atoms. The monoisotopic (exact) mass is 487 g/mol. The number of aryl methyl sites for hydroxylation is 1. The fourth-order valence-electron chi connectivity index (χ4n) is 4.03. The van der Waals surface area contributed by atoms with Gasteiger partial charge in [0, 0.05) is 11.1 Å². The number of aromatic amines is 1. The molecule has 1 unspecified atom stereocenters. The number of anilines is 1. The van der Waals surface area contributed by atoms with E-state index in [2.05, 4.69) is 25.5 Å². The van der Waals surface area contributed by atoms with Crippen LogP contribution in [0.3, 0.4) is 0 Å². The second-order valence-corrected chi connectivity index (χ2v) is 8.54. The van der Waals surface area contributed by atoms with E-state index in [9.17, 15) is 9.59 Å². The van der Waals surface area contributed by atoms with Gasteiger partial charge in [0.1, 0.15) is 11.2 Å². The van der Waals surface area contributed by atoms with Crippen molar-refractivity contribution in [2.24, 2.45) is 0 Å². The van der Waals surface area contributed by atoms with Crippen LogP contribution in [-0.2, 0) is 4.79 Å². The Morgan fingerprint density at radius 2 is 1.91 bits per heavy atom. The summed E-state index contributed by atoms with van der Waals surface area (Å²) >= 11 is 6.14. The number of hydrogen-bond donors (Lipinski definition) is 2. The molecule has 5 rings (SSSR count). The average molecular weight is 488 g/mol. The van der Waals surface area contributed by atoms with Crippen molar-refractivity contribution in [1.29, 1.82) is 0 Å². The lowest BCUT2D eigenvalue weighted by Crippen LogP contribution is -2.23. The van der Waals surface area contributed by atoms with Crippen LogP contribution < -0.4 is 10.9 Å². The molecule has 0 aliphatic carbocycles. The molecule has 0 aliphatic rings. The summed E-state index contributed by atoms with van der Waals surface area (Å²) in [6, 6.07) is 18.4. The number of nitrogens with one attached hydrogen (secondary N) is 2. The third-order valence-electron chi connectivity index (χ3n) is 5.69. The molecule has 10 heteroatoms. The number of H-pyrrole nitrogens is 1. The van der Waals surface area contributed by atoms with E-state index in [4.69, 9.17) is 11.6 Å². The maximum absolute atomic E-state index is 13.2. The van der Waals surface area contributed by atoms with Crippen LogP contribution in [0.4, 0.5) is 5.82 Å². The summed E-state index contributed by atoms with van der Waals surface area (Å²) < 4.78 is 2.96. The SMILES string of the molecule is CCC(C(=O)Nc1cc(C)nn1-c1nc2c(cnn2-c2cccc(Cl)c2)c(=O)[nH]1)c1ccccc1. The van der Waals surface area contributed by atoms with Gasteiger partial charge in [0.2, 0.25) is 11.9 Å². The van der Waals surface area contributed by atoms with Gasteiger partial charge >= 0.3 is 0 Å². The Hall–Kier alpha value is -4.24. The van der Waals surface area contributed by atoms with Gasteiger partial charge in [0.05, 0.1) is 23.5 Å². The zero-order valence-corrected chi connectivity index (χ0v) is 19.8. The van der Waals surface area contributed by atoms with Crippen molar-refractivity contribution in [2.75, 3.05) is 5.32 Å². The second kappa shape index (κ2) is 9.19. The molecule has 3 heterocycles. The number of carbonyl (C=O) groups excluding carboxylic acids is 1. The van der Waals surface area contributed by atoms with Crippen molar-refractivity contribution in [1.82, 2.24) is 29.5 Å². The summed E-state index contributed by atoms with van der Waals surface area (Å²) in [6.45, 7) is 3.76. The van der Waals surface area contributed by atoms with Crippen LogP contribution >= 0.6 is 11.6 Å². The van der Waals surface area contributed by atoms with Gasteiger partial charge in [-0.25, -0.2) is 4.68 Å². The third-order valence-corrected chi connectivity index (χ3v) is 5.92. The number of halogens is 1. The lowest BCUT2D eigenvalue weighted by molar-refractivity contribution is -0.117. The summed E-state index contributed by atoms with van der Waals surface area (Å²) in [5.41, 5.74) is 2.20. The Morgan fingerprint density at radius 3 is 2.66 bits per heavy atom. The standard InChI is InChI=1S/C25H22ClN7O2/c1-3-19(16-8-5-4-6-9-16)23(34)28-21-12-15(2)31-33(21)25-29-22-20(24(35)30-25)14-27-32(22)18-11-7-10-17(26)13-18/h4-14,19H,3H2,1-2H3,(H,28,34)(H,29,30,35). The quantitative estimate of drug-likeness (QED) is 0.369. The van der Waals surface area contributed by atoms with Crippen molar-refractivity contribution in [3.05, 3.63) is 93.5 Å². The number of hydrogen-bond acceptors (Lipinski definition) is 5. The molecule has 1 amide bonds. The fraction of sp³-hybridized carbons (Fsp3) is 0.160. The van der Waals surface area contributed by atoms with E-state index in [1.165, 1.54) is 15.6 Å². The maximum Gasteiger partial charge on any atom is 0.263 e. The largest absolute Gasteiger partial charge is 0.310 e. The highest BCUT2D eigenvalue weighted by Crippen LogP contribution is 2.23. The molecule has 2 aromatic carbocycles. The number of carbonyl (C=O) groups is 1. The van der Waals surface area contributed by atoms with Gasteiger partial charge < -0.3 is 5.32 Å². The fourth-order valence-corrected chi connectivity index (χ4v) is 4.21. The lowest BCUT2D eigenvalue weighted by atomic mass is 9.96. The molecule has 0 radical (unpaired) electrons. The molecule has 0 aliphatic heterocycles. The normalized spacial score (nSPS) is 12.1. The van der Waals surface area contributed by atoms with E-state index < -0.39 is 0 Å². The van der Waals surface area contributed by atoms with Crippen LogP contribution in [0.5, 0.6) is 0 Å². The zero-order valence-electron chi connectivity index (χ0n) is 19.1. The highest BCUT2D eigenvalue weighted by Gasteiger charge is 2.22. The lowest BCUT2D eigenvalue weighted by Gasteiger charge is -2.16. The van der Waals surface area contributed by atoms with Gasteiger partial charge in [-0.2, -0.15) is 19.9 Å². The van der Waals surface area contributed by atoms with E-state index in [0.717, 1.165) is 5.56 Å². The predicted molar refractivity (Wildman–Crippen MR) is 134 cm³/mol. The first kappa shape index (κ1) is 22.5. The summed E-state index contributed by atoms with van der Waals surface area (Å²) in [5, 5.41) is 12.6.